The van der Waals surface area contributed by atoms with Gasteiger partial charge in [0.15, 0.2) is 5.96 Å². The third-order valence-corrected chi connectivity index (χ3v) is 4.66. The standard InChI is InChI=1S/C19H34N6O2/c1-6-20-19(21-9-8-17(15(3)4)27-7-2)24-10-11-25(18(26)14-24)16-12-22-23(5)13-16/h12-13,15,17H,6-11,14H2,1-5H3,(H,20,21). The Balaban J connectivity index is 1.97. The van der Waals surface area contributed by atoms with Crippen molar-refractivity contribution >= 4 is 17.6 Å². The number of aryl methyl sites for hydroxylation is 1. The van der Waals surface area contributed by atoms with Crippen LogP contribution >= 0.6 is 0 Å². The first-order valence-electron chi connectivity index (χ1n) is 9.90. The van der Waals surface area contributed by atoms with Gasteiger partial charge in [0, 0.05) is 46.0 Å². The molecule has 1 aliphatic rings. The molecule has 2 rings (SSSR count). The molecule has 152 valence electrons. The molecule has 0 radical (unpaired) electrons. The highest BCUT2D eigenvalue weighted by Crippen LogP contribution is 2.16. The van der Waals surface area contributed by atoms with E-state index in [1.807, 2.05) is 32.0 Å². The van der Waals surface area contributed by atoms with Crippen LogP contribution in [0.3, 0.4) is 0 Å². The van der Waals surface area contributed by atoms with E-state index in [0.29, 0.717) is 25.6 Å². The fraction of sp³-hybridized carbons (Fsp3) is 0.737. The minimum atomic E-state index is 0.0641. The number of guanidine groups is 1. The number of hydrogen-bond donors (Lipinski definition) is 1. The van der Waals surface area contributed by atoms with Gasteiger partial charge in [-0.05, 0) is 26.2 Å². The van der Waals surface area contributed by atoms with Crippen molar-refractivity contribution in [3.8, 4) is 0 Å². The van der Waals surface area contributed by atoms with Crippen molar-refractivity contribution in [1.82, 2.24) is 20.0 Å². The number of aliphatic imine (C=N–C) groups is 1. The fourth-order valence-electron chi connectivity index (χ4n) is 3.22. The Morgan fingerprint density at radius 2 is 2.15 bits per heavy atom. The van der Waals surface area contributed by atoms with Crippen molar-refractivity contribution in [3.63, 3.8) is 0 Å². The van der Waals surface area contributed by atoms with Gasteiger partial charge < -0.3 is 19.9 Å². The van der Waals surface area contributed by atoms with Crippen LogP contribution in [0.5, 0.6) is 0 Å². The summed E-state index contributed by atoms with van der Waals surface area (Å²) in [4.78, 5) is 21.2. The lowest BCUT2D eigenvalue weighted by Gasteiger charge is -2.35. The molecule has 1 amide bonds. The number of carbonyl (C=O) groups excluding carboxylic acids is 1. The Morgan fingerprint density at radius 1 is 1.37 bits per heavy atom. The topological polar surface area (TPSA) is 75.0 Å². The minimum absolute atomic E-state index is 0.0641. The number of aromatic nitrogens is 2. The highest BCUT2D eigenvalue weighted by atomic mass is 16.5. The molecule has 1 aromatic rings. The van der Waals surface area contributed by atoms with Crippen LogP contribution in [-0.2, 0) is 16.6 Å². The lowest BCUT2D eigenvalue weighted by molar-refractivity contribution is -0.120. The van der Waals surface area contributed by atoms with Gasteiger partial charge in [-0.1, -0.05) is 13.8 Å². The summed E-state index contributed by atoms with van der Waals surface area (Å²) in [6.45, 7) is 12.3. The van der Waals surface area contributed by atoms with Crippen LogP contribution in [0.15, 0.2) is 17.4 Å². The largest absolute Gasteiger partial charge is 0.378 e. The Morgan fingerprint density at radius 3 is 2.70 bits per heavy atom. The van der Waals surface area contributed by atoms with E-state index in [9.17, 15) is 4.79 Å². The molecule has 27 heavy (non-hydrogen) atoms. The number of hydrogen-bond acceptors (Lipinski definition) is 4. The molecule has 0 saturated carbocycles. The number of nitrogens with one attached hydrogen (secondary N) is 1. The van der Waals surface area contributed by atoms with Crippen molar-refractivity contribution in [2.75, 3.05) is 44.2 Å². The van der Waals surface area contributed by atoms with Gasteiger partial charge in [-0.15, -0.1) is 0 Å². The third kappa shape index (κ3) is 5.95. The molecular formula is C19H34N6O2. The van der Waals surface area contributed by atoms with Crippen molar-refractivity contribution in [3.05, 3.63) is 12.4 Å². The zero-order valence-electron chi connectivity index (χ0n) is 17.3. The zero-order valence-corrected chi connectivity index (χ0v) is 17.3. The number of rotatable bonds is 8. The molecule has 0 bridgehead atoms. The van der Waals surface area contributed by atoms with Crippen LogP contribution in [-0.4, -0.2) is 72.0 Å². The number of carbonyl (C=O) groups is 1. The molecule has 1 saturated heterocycles. The first kappa shape index (κ1) is 21.2. The quantitative estimate of drug-likeness (QED) is 0.548. The van der Waals surface area contributed by atoms with Gasteiger partial charge >= 0.3 is 0 Å². The molecular weight excluding hydrogens is 344 g/mol. The van der Waals surface area contributed by atoms with Gasteiger partial charge in [0.2, 0.25) is 5.91 Å². The van der Waals surface area contributed by atoms with Crippen LogP contribution < -0.4 is 10.2 Å². The normalized spacial score (nSPS) is 17.0. The molecule has 2 heterocycles. The lowest BCUT2D eigenvalue weighted by atomic mass is 10.0. The Bertz CT molecular complexity index is 627. The molecule has 1 unspecified atom stereocenters. The molecule has 1 atom stereocenters. The molecule has 8 nitrogen and oxygen atoms in total. The molecule has 1 aliphatic heterocycles. The van der Waals surface area contributed by atoms with E-state index in [1.165, 1.54) is 0 Å². The lowest BCUT2D eigenvalue weighted by Crippen LogP contribution is -2.55. The second kappa shape index (κ2) is 10.3. The summed E-state index contributed by atoms with van der Waals surface area (Å²) in [6, 6.07) is 0. The maximum atomic E-state index is 12.6. The van der Waals surface area contributed by atoms with E-state index < -0.39 is 0 Å². The van der Waals surface area contributed by atoms with E-state index in [4.69, 9.17) is 9.73 Å². The number of piperazine rings is 1. The van der Waals surface area contributed by atoms with E-state index in [0.717, 1.165) is 37.8 Å². The van der Waals surface area contributed by atoms with Crippen LogP contribution in [0.25, 0.3) is 0 Å². The van der Waals surface area contributed by atoms with Crippen LogP contribution in [0, 0.1) is 5.92 Å². The monoisotopic (exact) mass is 378 g/mol. The average molecular weight is 379 g/mol. The summed E-state index contributed by atoms with van der Waals surface area (Å²) in [5.74, 6) is 1.33. The van der Waals surface area contributed by atoms with Crippen LogP contribution in [0.2, 0.25) is 0 Å². The molecule has 0 aromatic carbocycles. The highest BCUT2D eigenvalue weighted by Gasteiger charge is 2.27. The van der Waals surface area contributed by atoms with Crippen molar-refractivity contribution in [2.24, 2.45) is 18.0 Å². The maximum absolute atomic E-state index is 12.6. The summed E-state index contributed by atoms with van der Waals surface area (Å²) in [5.41, 5.74) is 0.848. The Labute approximate surface area is 162 Å². The van der Waals surface area contributed by atoms with E-state index in [2.05, 4.69) is 24.3 Å². The summed E-state index contributed by atoms with van der Waals surface area (Å²) < 4.78 is 7.51. The molecule has 1 aromatic heterocycles. The summed E-state index contributed by atoms with van der Waals surface area (Å²) in [5, 5.41) is 7.47. The van der Waals surface area contributed by atoms with Crippen molar-refractivity contribution in [2.45, 2.75) is 40.2 Å². The second-order valence-electron chi connectivity index (χ2n) is 7.10. The van der Waals surface area contributed by atoms with E-state index in [1.54, 1.807) is 15.8 Å². The number of amides is 1. The molecule has 8 heteroatoms. The summed E-state index contributed by atoms with van der Waals surface area (Å²) in [7, 11) is 1.85. The molecule has 1 fully saturated rings. The first-order valence-corrected chi connectivity index (χ1v) is 9.90. The van der Waals surface area contributed by atoms with Crippen LogP contribution in [0.1, 0.15) is 34.1 Å². The van der Waals surface area contributed by atoms with Gasteiger partial charge in [-0.3, -0.25) is 14.5 Å². The predicted molar refractivity (Wildman–Crippen MR) is 108 cm³/mol. The van der Waals surface area contributed by atoms with Gasteiger partial charge in [-0.2, -0.15) is 5.10 Å². The van der Waals surface area contributed by atoms with Gasteiger partial charge in [-0.25, -0.2) is 0 Å². The number of ether oxygens (including phenoxy) is 1. The summed E-state index contributed by atoms with van der Waals surface area (Å²) in [6.07, 6.45) is 4.69. The molecule has 0 aliphatic carbocycles. The maximum Gasteiger partial charge on any atom is 0.246 e. The van der Waals surface area contributed by atoms with E-state index >= 15 is 0 Å². The fourth-order valence-corrected chi connectivity index (χ4v) is 3.22. The Hall–Kier alpha value is -2.09. The van der Waals surface area contributed by atoms with Crippen molar-refractivity contribution < 1.29 is 9.53 Å². The molecule has 0 spiro atoms. The van der Waals surface area contributed by atoms with Crippen molar-refractivity contribution in [1.29, 1.82) is 0 Å². The SMILES string of the molecule is CCNC(=NCCC(OCC)C(C)C)N1CCN(c2cnn(C)c2)C(=O)C1. The predicted octanol–water partition coefficient (Wildman–Crippen LogP) is 1.49. The van der Waals surface area contributed by atoms with Crippen LogP contribution in [0.4, 0.5) is 5.69 Å². The number of nitrogens with zero attached hydrogens (tertiary/aromatic N) is 5. The molecule has 1 N–H and O–H groups in total. The zero-order chi connectivity index (χ0) is 19.8. The average Bonchev–Trinajstić information content (AvgIpc) is 3.06. The van der Waals surface area contributed by atoms with Gasteiger partial charge in [0.1, 0.15) is 6.54 Å². The van der Waals surface area contributed by atoms with Gasteiger partial charge in [0.25, 0.3) is 0 Å². The Kier molecular flexibility index (Phi) is 8.09. The highest BCUT2D eigenvalue weighted by molar-refractivity contribution is 5.98. The minimum Gasteiger partial charge on any atom is -0.378 e. The summed E-state index contributed by atoms with van der Waals surface area (Å²) >= 11 is 0. The van der Waals surface area contributed by atoms with Gasteiger partial charge in [0.05, 0.1) is 18.0 Å². The number of anilines is 1. The van der Waals surface area contributed by atoms with E-state index in [-0.39, 0.29) is 12.0 Å². The third-order valence-electron chi connectivity index (χ3n) is 4.66. The first-order chi connectivity index (χ1) is 13.0. The second-order valence-corrected chi connectivity index (χ2v) is 7.10. The smallest absolute Gasteiger partial charge is 0.246 e.